The van der Waals surface area contributed by atoms with Gasteiger partial charge in [-0.05, 0) is 56.3 Å². The topological polar surface area (TPSA) is 66.7 Å². The van der Waals surface area contributed by atoms with Gasteiger partial charge in [0, 0.05) is 62.1 Å². The highest BCUT2D eigenvalue weighted by Gasteiger charge is 2.31. The number of carbonyl (C=O) groups excluding carboxylic acids is 1. The molecule has 0 unspecified atom stereocenters. The molecule has 0 atom stereocenters. The van der Waals surface area contributed by atoms with Gasteiger partial charge in [0.2, 0.25) is 0 Å². The summed E-state index contributed by atoms with van der Waals surface area (Å²) < 4.78 is 24.3. The largest absolute Gasteiger partial charge is 0.453 e. The molecule has 2 aliphatic rings. The Labute approximate surface area is 241 Å². The van der Waals surface area contributed by atoms with Crippen LogP contribution in [0.15, 0.2) is 79.4 Å². The normalized spacial score (nSPS) is 15.9. The first kappa shape index (κ1) is 25.7. The van der Waals surface area contributed by atoms with Crippen LogP contribution < -0.4 is 14.5 Å². The number of ether oxygens (including phenoxy) is 1. The standard InChI is InChI=1S/C31H29FN6O2S/c32-24-18-23(38-17-16-37(31(38)39)22-6-2-1-3-7-22)8-9-27(24)40-28-10-11-33-25-19-29(41-30(25)28)26-20-36(21-34-26)15-14-35-12-4-5-13-35/h1-3,6-11,18-21H,4-5,12-17H2. The van der Waals surface area contributed by atoms with E-state index in [0.717, 1.165) is 39.6 Å². The summed E-state index contributed by atoms with van der Waals surface area (Å²) in [5.74, 6) is 0.0831. The average molecular weight is 569 g/mol. The molecule has 0 N–H and O–H groups in total. The van der Waals surface area contributed by atoms with E-state index in [-0.39, 0.29) is 11.8 Å². The molecule has 0 spiro atoms. The van der Waals surface area contributed by atoms with Crippen molar-refractivity contribution < 1.29 is 13.9 Å². The zero-order chi connectivity index (χ0) is 27.8. The second-order valence-electron chi connectivity index (χ2n) is 10.3. The average Bonchev–Trinajstić information content (AvgIpc) is 3.80. The molecule has 0 bridgehead atoms. The van der Waals surface area contributed by atoms with Crippen molar-refractivity contribution in [3.63, 3.8) is 0 Å². The number of hydrogen-bond donors (Lipinski definition) is 0. The van der Waals surface area contributed by atoms with Crippen LogP contribution in [0.3, 0.4) is 0 Å². The number of nitrogens with zero attached hydrogens (tertiary/aromatic N) is 6. The highest BCUT2D eigenvalue weighted by Crippen LogP contribution is 2.39. The second-order valence-corrected chi connectivity index (χ2v) is 11.4. The molecule has 3 aromatic heterocycles. The maximum atomic E-state index is 15.3. The molecule has 10 heteroatoms. The van der Waals surface area contributed by atoms with Crippen LogP contribution in [0, 0.1) is 5.82 Å². The zero-order valence-electron chi connectivity index (χ0n) is 22.4. The molecule has 0 aliphatic carbocycles. The van der Waals surface area contributed by atoms with Crippen molar-refractivity contribution in [3.05, 3.63) is 85.2 Å². The van der Waals surface area contributed by atoms with Crippen LogP contribution in [-0.4, -0.2) is 58.2 Å². The summed E-state index contributed by atoms with van der Waals surface area (Å²) in [6.07, 6.45) is 8.18. The van der Waals surface area contributed by atoms with Gasteiger partial charge < -0.3 is 14.2 Å². The smallest absolute Gasteiger partial charge is 0.329 e. The lowest BCUT2D eigenvalue weighted by molar-refractivity contribution is 0.256. The van der Waals surface area contributed by atoms with Crippen molar-refractivity contribution in [1.82, 2.24) is 19.4 Å². The molecule has 0 saturated carbocycles. The number of fused-ring (bicyclic) bond motifs is 1. The number of benzene rings is 2. The number of amides is 2. The fourth-order valence-corrected chi connectivity index (χ4v) is 6.50. The number of likely N-dealkylation sites (tertiary alicyclic amines) is 1. The van der Waals surface area contributed by atoms with Gasteiger partial charge in [0.15, 0.2) is 11.6 Å². The molecule has 2 amide bonds. The molecule has 5 heterocycles. The van der Waals surface area contributed by atoms with Gasteiger partial charge in [0.05, 0.1) is 27.1 Å². The van der Waals surface area contributed by atoms with Crippen LogP contribution in [0.2, 0.25) is 0 Å². The number of anilines is 2. The van der Waals surface area contributed by atoms with Gasteiger partial charge in [-0.15, -0.1) is 11.3 Å². The molecule has 2 fully saturated rings. The van der Waals surface area contributed by atoms with E-state index in [9.17, 15) is 4.79 Å². The molecular formula is C31H29FN6O2S. The number of para-hydroxylation sites is 1. The van der Waals surface area contributed by atoms with Crippen LogP contribution in [0.25, 0.3) is 20.8 Å². The van der Waals surface area contributed by atoms with E-state index in [1.165, 1.54) is 43.3 Å². The minimum absolute atomic E-state index is 0.0916. The second kappa shape index (κ2) is 10.9. The van der Waals surface area contributed by atoms with Crippen LogP contribution in [0.5, 0.6) is 11.5 Å². The highest BCUT2D eigenvalue weighted by molar-refractivity contribution is 7.22. The van der Waals surface area contributed by atoms with Crippen LogP contribution in [0.4, 0.5) is 20.6 Å². The van der Waals surface area contributed by atoms with Crippen LogP contribution in [-0.2, 0) is 6.54 Å². The molecule has 0 radical (unpaired) electrons. The summed E-state index contributed by atoms with van der Waals surface area (Å²) in [5.41, 5.74) is 2.98. The molecule has 2 aliphatic heterocycles. The Morgan fingerprint density at radius 3 is 2.46 bits per heavy atom. The van der Waals surface area contributed by atoms with Gasteiger partial charge in [-0.3, -0.25) is 14.8 Å². The van der Waals surface area contributed by atoms with Gasteiger partial charge in [0.25, 0.3) is 0 Å². The Kier molecular flexibility index (Phi) is 6.85. The number of aromatic nitrogens is 3. The van der Waals surface area contributed by atoms with E-state index >= 15 is 4.39 Å². The third-order valence-corrected chi connectivity index (χ3v) is 8.82. The Bertz CT molecular complexity index is 1700. The van der Waals surface area contributed by atoms with Gasteiger partial charge in [-0.25, -0.2) is 14.2 Å². The van der Waals surface area contributed by atoms with E-state index in [0.29, 0.717) is 24.5 Å². The van der Waals surface area contributed by atoms with Crippen molar-refractivity contribution in [2.75, 3.05) is 42.5 Å². The molecule has 2 saturated heterocycles. The molecule has 8 nitrogen and oxygen atoms in total. The minimum Gasteiger partial charge on any atom is -0.453 e. The molecule has 7 rings (SSSR count). The van der Waals surface area contributed by atoms with Crippen LogP contribution in [0.1, 0.15) is 12.8 Å². The summed E-state index contributed by atoms with van der Waals surface area (Å²) in [6, 6.07) is 17.7. The zero-order valence-corrected chi connectivity index (χ0v) is 23.3. The summed E-state index contributed by atoms with van der Waals surface area (Å²) in [4.78, 5) is 28.9. The van der Waals surface area contributed by atoms with Crippen molar-refractivity contribution in [2.45, 2.75) is 19.4 Å². The van der Waals surface area contributed by atoms with E-state index < -0.39 is 5.82 Å². The molecule has 2 aromatic carbocycles. The SMILES string of the molecule is O=C1N(c2ccccc2)CCN1c1ccc(Oc2ccnc3cc(-c4cn(CCN5CCCC5)cn4)sc23)c(F)c1. The van der Waals surface area contributed by atoms with Crippen LogP contribution >= 0.6 is 11.3 Å². The predicted molar refractivity (Wildman–Crippen MR) is 160 cm³/mol. The van der Waals surface area contributed by atoms with Crippen molar-refractivity contribution >= 4 is 39.0 Å². The van der Waals surface area contributed by atoms with Crippen molar-refractivity contribution in [3.8, 4) is 22.1 Å². The Hall–Kier alpha value is -4.28. The molecule has 41 heavy (non-hydrogen) atoms. The number of halogens is 1. The minimum atomic E-state index is -0.535. The van der Waals surface area contributed by atoms with Crippen molar-refractivity contribution in [1.29, 1.82) is 0 Å². The van der Waals surface area contributed by atoms with E-state index in [1.807, 2.05) is 42.7 Å². The summed E-state index contributed by atoms with van der Waals surface area (Å²) in [5, 5.41) is 0. The quantitative estimate of drug-likeness (QED) is 0.210. The first-order chi connectivity index (χ1) is 20.1. The number of pyridine rings is 1. The maximum Gasteiger partial charge on any atom is 0.329 e. The number of thiophene rings is 1. The van der Waals surface area contributed by atoms with Gasteiger partial charge in [-0.1, -0.05) is 18.2 Å². The molecule has 5 aromatic rings. The Morgan fingerprint density at radius 2 is 1.66 bits per heavy atom. The first-order valence-electron chi connectivity index (χ1n) is 13.9. The third-order valence-electron chi connectivity index (χ3n) is 7.66. The number of rotatable bonds is 8. The van der Waals surface area contributed by atoms with E-state index in [2.05, 4.69) is 25.6 Å². The van der Waals surface area contributed by atoms with Crippen molar-refractivity contribution in [2.24, 2.45) is 0 Å². The Balaban J connectivity index is 1.07. The lowest BCUT2D eigenvalue weighted by Crippen LogP contribution is -2.31. The van der Waals surface area contributed by atoms with E-state index in [4.69, 9.17) is 4.74 Å². The predicted octanol–water partition coefficient (Wildman–Crippen LogP) is 6.63. The Morgan fingerprint density at radius 1 is 0.854 bits per heavy atom. The van der Waals surface area contributed by atoms with E-state index in [1.54, 1.807) is 34.2 Å². The number of imidazole rings is 1. The number of carbonyl (C=O) groups is 1. The monoisotopic (exact) mass is 568 g/mol. The molecule has 208 valence electrons. The summed E-state index contributed by atoms with van der Waals surface area (Å²) in [7, 11) is 0. The highest BCUT2D eigenvalue weighted by atomic mass is 32.1. The first-order valence-corrected chi connectivity index (χ1v) is 14.7. The fourth-order valence-electron chi connectivity index (χ4n) is 5.48. The summed E-state index contributed by atoms with van der Waals surface area (Å²) in [6.45, 7) is 5.31. The lowest BCUT2D eigenvalue weighted by atomic mass is 10.2. The fraction of sp³-hybridized carbons (Fsp3) is 0.258. The van der Waals surface area contributed by atoms with Gasteiger partial charge >= 0.3 is 6.03 Å². The number of hydrogen-bond acceptors (Lipinski definition) is 6. The summed E-state index contributed by atoms with van der Waals surface area (Å²) >= 11 is 1.53. The maximum absolute atomic E-state index is 15.3. The van der Waals surface area contributed by atoms with Gasteiger partial charge in [-0.2, -0.15) is 0 Å². The van der Waals surface area contributed by atoms with Gasteiger partial charge in [0.1, 0.15) is 5.75 Å². The lowest BCUT2D eigenvalue weighted by Gasteiger charge is -2.19. The molecular weight excluding hydrogens is 539 g/mol. The number of urea groups is 1. The third kappa shape index (κ3) is 5.16.